The van der Waals surface area contributed by atoms with Gasteiger partial charge in [0.15, 0.2) is 0 Å². The highest BCUT2D eigenvalue weighted by atomic mass is 15.1. The van der Waals surface area contributed by atoms with Crippen LogP contribution in [0.4, 0.5) is 11.4 Å². The van der Waals surface area contributed by atoms with E-state index in [0.29, 0.717) is 0 Å². The fraction of sp³-hybridized carbons (Fsp3) is 0.200. The molecule has 0 aliphatic rings. The first kappa shape index (κ1) is 11.7. The van der Waals surface area contributed by atoms with Gasteiger partial charge in [-0.1, -0.05) is 36.4 Å². The molecule has 0 aliphatic carbocycles. The van der Waals surface area contributed by atoms with Crippen molar-refractivity contribution in [3.8, 4) is 0 Å². The second-order valence-electron chi connectivity index (χ2n) is 4.24. The Balaban J connectivity index is 2.41. The number of para-hydroxylation sites is 2. The molecule has 17 heavy (non-hydrogen) atoms. The van der Waals surface area contributed by atoms with E-state index in [9.17, 15) is 0 Å². The van der Waals surface area contributed by atoms with Crippen molar-refractivity contribution in [3.63, 3.8) is 0 Å². The molecule has 0 aliphatic heterocycles. The first-order valence-electron chi connectivity index (χ1n) is 5.83. The molecule has 2 N–H and O–H groups in total. The topological polar surface area (TPSA) is 29.3 Å². The van der Waals surface area contributed by atoms with Crippen molar-refractivity contribution in [2.24, 2.45) is 5.73 Å². The van der Waals surface area contributed by atoms with E-state index in [0.717, 1.165) is 5.69 Å². The minimum Gasteiger partial charge on any atom is -0.344 e. The molecule has 0 heterocycles. The Morgan fingerprint density at radius 1 is 0.941 bits per heavy atom. The summed E-state index contributed by atoms with van der Waals surface area (Å²) in [6.45, 7) is 2.01. The van der Waals surface area contributed by atoms with Crippen LogP contribution in [-0.4, -0.2) is 7.05 Å². The average Bonchev–Trinajstić information content (AvgIpc) is 2.39. The minimum absolute atomic E-state index is 0.0392. The van der Waals surface area contributed by atoms with E-state index in [2.05, 4.69) is 36.2 Å². The molecule has 2 nitrogen and oxygen atoms in total. The number of benzene rings is 2. The fourth-order valence-corrected chi connectivity index (χ4v) is 1.97. The van der Waals surface area contributed by atoms with Gasteiger partial charge >= 0.3 is 0 Å². The van der Waals surface area contributed by atoms with Crippen LogP contribution in [0.1, 0.15) is 18.5 Å². The molecular formula is C15H18N2. The molecule has 0 fully saturated rings. The molecule has 0 aromatic heterocycles. The maximum Gasteiger partial charge on any atom is 0.0456 e. The van der Waals surface area contributed by atoms with Gasteiger partial charge in [0.05, 0.1) is 0 Å². The third-order valence-corrected chi connectivity index (χ3v) is 2.93. The normalized spacial score (nSPS) is 12.2. The lowest BCUT2D eigenvalue weighted by Crippen LogP contribution is -2.15. The summed E-state index contributed by atoms with van der Waals surface area (Å²) >= 11 is 0. The number of anilines is 2. The molecular weight excluding hydrogens is 208 g/mol. The SMILES string of the molecule is CC(N)c1ccccc1N(C)c1ccccc1. The predicted octanol–water partition coefficient (Wildman–Crippen LogP) is 3.47. The minimum atomic E-state index is 0.0392. The van der Waals surface area contributed by atoms with Crippen LogP contribution in [0.25, 0.3) is 0 Å². The predicted molar refractivity (Wildman–Crippen MR) is 73.5 cm³/mol. The molecule has 88 valence electrons. The van der Waals surface area contributed by atoms with E-state index < -0.39 is 0 Å². The quantitative estimate of drug-likeness (QED) is 0.868. The smallest absolute Gasteiger partial charge is 0.0456 e. The highest BCUT2D eigenvalue weighted by Crippen LogP contribution is 2.29. The van der Waals surface area contributed by atoms with Crippen LogP contribution in [0.2, 0.25) is 0 Å². The van der Waals surface area contributed by atoms with Crippen molar-refractivity contribution in [1.29, 1.82) is 0 Å². The number of nitrogens with two attached hydrogens (primary N) is 1. The van der Waals surface area contributed by atoms with E-state index in [4.69, 9.17) is 5.73 Å². The van der Waals surface area contributed by atoms with Crippen molar-refractivity contribution in [2.75, 3.05) is 11.9 Å². The molecule has 0 radical (unpaired) electrons. The Bertz CT molecular complexity index is 477. The Hall–Kier alpha value is -1.80. The Morgan fingerprint density at radius 3 is 2.18 bits per heavy atom. The first-order valence-corrected chi connectivity index (χ1v) is 5.83. The molecule has 1 atom stereocenters. The van der Waals surface area contributed by atoms with Gasteiger partial charge in [0.25, 0.3) is 0 Å². The van der Waals surface area contributed by atoms with E-state index in [1.165, 1.54) is 11.3 Å². The Morgan fingerprint density at radius 2 is 1.53 bits per heavy atom. The van der Waals surface area contributed by atoms with Gasteiger partial charge in [-0.2, -0.15) is 0 Å². The monoisotopic (exact) mass is 226 g/mol. The van der Waals surface area contributed by atoms with Crippen LogP contribution in [-0.2, 0) is 0 Å². The molecule has 2 rings (SSSR count). The van der Waals surface area contributed by atoms with Crippen molar-refractivity contribution in [2.45, 2.75) is 13.0 Å². The maximum atomic E-state index is 6.00. The van der Waals surface area contributed by atoms with Crippen LogP contribution < -0.4 is 10.6 Å². The summed E-state index contributed by atoms with van der Waals surface area (Å²) in [6, 6.07) is 18.6. The van der Waals surface area contributed by atoms with Crippen LogP contribution in [0.3, 0.4) is 0 Å². The third-order valence-electron chi connectivity index (χ3n) is 2.93. The van der Waals surface area contributed by atoms with Gasteiger partial charge in [0.1, 0.15) is 0 Å². The molecule has 2 heteroatoms. The van der Waals surface area contributed by atoms with E-state index in [1.807, 2.05) is 37.3 Å². The first-order chi connectivity index (χ1) is 8.20. The number of nitrogens with zero attached hydrogens (tertiary/aromatic N) is 1. The van der Waals surface area contributed by atoms with Gasteiger partial charge in [0.2, 0.25) is 0 Å². The summed E-state index contributed by atoms with van der Waals surface area (Å²) in [5.74, 6) is 0. The second-order valence-corrected chi connectivity index (χ2v) is 4.24. The summed E-state index contributed by atoms with van der Waals surface area (Å²) < 4.78 is 0. The standard InChI is InChI=1S/C15H18N2/c1-12(16)14-10-6-7-11-15(14)17(2)13-8-4-3-5-9-13/h3-12H,16H2,1-2H3. The molecule has 0 amide bonds. The lowest BCUT2D eigenvalue weighted by molar-refractivity contribution is 0.815. The Kier molecular flexibility index (Phi) is 3.45. The van der Waals surface area contributed by atoms with Gasteiger partial charge in [-0.05, 0) is 30.7 Å². The third kappa shape index (κ3) is 2.48. The van der Waals surface area contributed by atoms with Crippen LogP contribution >= 0.6 is 0 Å². The highest BCUT2D eigenvalue weighted by molar-refractivity contribution is 5.66. The van der Waals surface area contributed by atoms with Gasteiger partial charge in [0, 0.05) is 24.5 Å². The van der Waals surface area contributed by atoms with E-state index in [1.54, 1.807) is 0 Å². The largest absolute Gasteiger partial charge is 0.344 e. The molecule has 0 saturated carbocycles. The van der Waals surface area contributed by atoms with E-state index in [-0.39, 0.29) is 6.04 Å². The molecule has 0 spiro atoms. The van der Waals surface area contributed by atoms with Crippen molar-refractivity contribution in [1.82, 2.24) is 0 Å². The maximum absolute atomic E-state index is 6.00. The van der Waals surface area contributed by atoms with E-state index >= 15 is 0 Å². The molecule has 1 unspecified atom stereocenters. The summed E-state index contributed by atoms with van der Waals surface area (Å²) in [5, 5.41) is 0. The zero-order valence-corrected chi connectivity index (χ0v) is 10.3. The van der Waals surface area contributed by atoms with Crippen LogP contribution in [0.5, 0.6) is 0 Å². The summed E-state index contributed by atoms with van der Waals surface area (Å²) in [6.07, 6.45) is 0. The van der Waals surface area contributed by atoms with Gasteiger partial charge in [-0.25, -0.2) is 0 Å². The summed E-state index contributed by atoms with van der Waals surface area (Å²) in [5.41, 5.74) is 9.50. The van der Waals surface area contributed by atoms with Crippen LogP contribution in [0, 0.1) is 0 Å². The van der Waals surface area contributed by atoms with Gasteiger partial charge < -0.3 is 10.6 Å². The van der Waals surface area contributed by atoms with Gasteiger partial charge in [-0.3, -0.25) is 0 Å². The zero-order chi connectivity index (χ0) is 12.3. The average molecular weight is 226 g/mol. The van der Waals surface area contributed by atoms with Crippen molar-refractivity contribution >= 4 is 11.4 Å². The number of hydrogen-bond donors (Lipinski definition) is 1. The lowest BCUT2D eigenvalue weighted by atomic mass is 10.1. The Labute approximate surface area is 103 Å². The molecule has 2 aromatic carbocycles. The summed E-state index contributed by atoms with van der Waals surface area (Å²) in [7, 11) is 2.07. The lowest BCUT2D eigenvalue weighted by Gasteiger charge is -2.24. The number of hydrogen-bond acceptors (Lipinski definition) is 2. The highest BCUT2D eigenvalue weighted by Gasteiger charge is 2.10. The molecule has 0 bridgehead atoms. The molecule has 0 saturated heterocycles. The summed E-state index contributed by atoms with van der Waals surface area (Å²) in [4.78, 5) is 2.17. The van der Waals surface area contributed by atoms with Gasteiger partial charge in [-0.15, -0.1) is 0 Å². The second kappa shape index (κ2) is 5.02. The fourth-order valence-electron chi connectivity index (χ4n) is 1.97. The van der Waals surface area contributed by atoms with Crippen molar-refractivity contribution in [3.05, 3.63) is 60.2 Å². The number of rotatable bonds is 3. The molecule has 2 aromatic rings. The van der Waals surface area contributed by atoms with Crippen LogP contribution in [0.15, 0.2) is 54.6 Å². The van der Waals surface area contributed by atoms with Crippen molar-refractivity contribution < 1.29 is 0 Å². The zero-order valence-electron chi connectivity index (χ0n) is 10.3.